The van der Waals surface area contributed by atoms with Gasteiger partial charge >= 0.3 is 5.97 Å². The first-order valence-corrected chi connectivity index (χ1v) is 17.5. The van der Waals surface area contributed by atoms with Crippen molar-refractivity contribution in [3.05, 3.63) is 109 Å². The van der Waals surface area contributed by atoms with Crippen molar-refractivity contribution in [1.82, 2.24) is 15.1 Å². The number of esters is 1. The second-order valence-corrected chi connectivity index (χ2v) is 14.2. The number of aromatic carboxylic acids is 1. The van der Waals surface area contributed by atoms with E-state index in [1.54, 1.807) is 18.2 Å². The SMILES string of the molecule is COc1ccc([C@H](Cc2c(Cl)c[n+](O)cc2Cl)c2cc(CNC(C(=O)OC[C@@H]3CN(C)CCN3C)c3ccccc3)sc2C(=O)[O-])cc1OC. The number of nitrogens with one attached hydrogen (secondary N) is 1. The van der Waals surface area contributed by atoms with Gasteiger partial charge in [-0.05, 0) is 55.4 Å². The maximum Gasteiger partial charge on any atom is 0.327 e. The summed E-state index contributed by atoms with van der Waals surface area (Å²) in [5.74, 6) is -1.40. The van der Waals surface area contributed by atoms with Gasteiger partial charge in [0.15, 0.2) is 11.5 Å². The molecule has 2 aromatic carbocycles. The number of carbonyl (C=O) groups is 2. The Morgan fingerprint density at radius 3 is 2.38 bits per heavy atom. The van der Waals surface area contributed by atoms with Crippen LogP contribution in [0.15, 0.2) is 67.0 Å². The zero-order chi connectivity index (χ0) is 35.9. The lowest BCUT2D eigenvalue weighted by atomic mass is 9.85. The van der Waals surface area contributed by atoms with Gasteiger partial charge in [-0.2, -0.15) is 0 Å². The number of carbonyl (C=O) groups excluding carboxylic acids is 2. The summed E-state index contributed by atoms with van der Waals surface area (Å²) < 4.78 is 17.6. The van der Waals surface area contributed by atoms with Gasteiger partial charge in [0.2, 0.25) is 12.4 Å². The van der Waals surface area contributed by atoms with E-state index >= 15 is 0 Å². The molecule has 1 fully saturated rings. The Morgan fingerprint density at radius 1 is 1.02 bits per heavy atom. The Bertz CT molecular complexity index is 1790. The molecule has 0 aliphatic carbocycles. The number of hydrogen-bond acceptors (Lipinski definition) is 11. The van der Waals surface area contributed by atoms with Crippen LogP contribution in [0, 0.1) is 0 Å². The van der Waals surface area contributed by atoms with Crippen LogP contribution in [0.25, 0.3) is 0 Å². The van der Waals surface area contributed by atoms with E-state index in [0.717, 1.165) is 41.3 Å². The van der Waals surface area contributed by atoms with Gasteiger partial charge in [0.05, 0.1) is 31.1 Å². The molecule has 0 amide bonds. The van der Waals surface area contributed by atoms with Gasteiger partial charge in [0, 0.05) is 47.3 Å². The third-order valence-corrected chi connectivity index (χ3v) is 10.7. The number of thiophene rings is 1. The molecule has 0 saturated carbocycles. The van der Waals surface area contributed by atoms with Gasteiger partial charge in [-0.3, -0.25) is 15.4 Å². The molecular formula is C36H40Cl2N4O7S. The minimum absolute atomic E-state index is 0.0188. The Labute approximate surface area is 305 Å². The monoisotopic (exact) mass is 742 g/mol. The normalized spacial score (nSPS) is 16.5. The Balaban J connectivity index is 1.46. The van der Waals surface area contributed by atoms with E-state index in [-0.39, 0.29) is 40.5 Å². The first-order valence-electron chi connectivity index (χ1n) is 16.0. The molecule has 14 heteroatoms. The predicted molar refractivity (Wildman–Crippen MR) is 188 cm³/mol. The summed E-state index contributed by atoms with van der Waals surface area (Å²) in [4.78, 5) is 31.3. The molecule has 0 radical (unpaired) electrons. The molecule has 266 valence electrons. The van der Waals surface area contributed by atoms with Crippen molar-refractivity contribution in [3.63, 3.8) is 0 Å². The van der Waals surface area contributed by atoms with E-state index < -0.39 is 23.9 Å². The second-order valence-electron chi connectivity index (χ2n) is 12.2. The van der Waals surface area contributed by atoms with E-state index in [9.17, 15) is 19.9 Å². The highest BCUT2D eigenvalue weighted by atomic mass is 35.5. The van der Waals surface area contributed by atoms with Crippen molar-refractivity contribution in [1.29, 1.82) is 0 Å². The smallest absolute Gasteiger partial charge is 0.327 e. The van der Waals surface area contributed by atoms with Gasteiger partial charge in [0.25, 0.3) is 0 Å². The predicted octanol–water partition coefficient (Wildman–Crippen LogP) is 3.95. The lowest BCUT2D eigenvalue weighted by Gasteiger charge is -2.37. The van der Waals surface area contributed by atoms with Gasteiger partial charge in [-0.25, -0.2) is 4.79 Å². The van der Waals surface area contributed by atoms with Gasteiger partial charge in [-0.15, -0.1) is 11.3 Å². The highest BCUT2D eigenvalue weighted by molar-refractivity contribution is 7.14. The molecule has 4 aromatic rings. The summed E-state index contributed by atoms with van der Waals surface area (Å²) in [5, 5.41) is 26.3. The Morgan fingerprint density at radius 2 is 1.72 bits per heavy atom. The number of piperazine rings is 1. The van der Waals surface area contributed by atoms with Gasteiger partial charge in [0.1, 0.15) is 22.7 Å². The number of likely N-dealkylation sites (N-methyl/N-ethyl adjacent to an activating group) is 2. The molecule has 5 rings (SSSR count). The third kappa shape index (κ3) is 8.87. The summed E-state index contributed by atoms with van der Waals surface area (Å²) in [6.45, 7) is 3.04. The number of benzene rings is 2. The number of halogens is 2. The minimum atomic E-state index is -1.35. The van der Waals surface area contributed by atoms with Crippen molar-refractivity contribution in [2.45, 2.75) is 31.0 Å². The van der Waals surface area contributed by atoms with Crippen molar-refractivity contribution < 1.29 is 38.8 Å². The van der Waals surface area contributed by atoms with Gasteiger partial charge in [-0.1, -0.05) is 59.6 Å². The number of pyridine rings is 1. The number of rotatable bonds is 14. The fraction of sp³-hybridized carbons (Fsp3) is 0.361. The van der Waals surface area contributed by atoms with Crippen LogP contribution in [0.2, 0.25) is 10.0 Å². The molecule has 3 atom stereocenters. The number of nitrogens with zero attached hydrogens (tertiary/aromatic N) is 3. The van der Waals surface area contributed by atoms with Crippen molar-refractivity contribution in [2.24, 2.45) is 0 Å². The maximum absolute atomic E-state index is 13.6. The average molecular weight is 744 g/mol. The van der Waals surface area contributed by atoms with Crippen LogP contribution in [0.1, 0.15) is 48.8 Å². The summed E-state index contributed by atoms with van der Waals surface area (Å²) >= 11 is 14.1. The molecule has 2 aromatic heterocycles. The van der Waals surface area contributed by atoms with Crippen molar-refractivity contribution in [2.75, 3.05) is 54.6 Å². The highest BCUT2D eigenvalue weighted by Crippen LogP contribution is 2.41. The zero-order valence-electron chi connectivity index (χ0n) is 28.2. The molecular weight excluding hydrogens is 703 g/mol. The number of ether oxygens (including phenoxy) is 3. The number of carboxylic acid groups (broad SMARTS) is 1. The number of aromatic nitrogens is 1. The van der Waals surface area contributed by atoms with Crippen LogP contribution in [0.5, 0.6) is 11.5 Å². The molecule has 1 aliphatic heterocycles. The van der Waals surface area contributed by atoms with Crippen LogP contribution in [-0.2, 0) is 22.5 Å². The molecule has 50 heavy (non-hydrogen) atoms. The molecule has 0 bridgehead atoms. The molecule has 1 aliphatic rings. The van der Waals surface area contributed by atoms with E-state index in [1.165, 1.54) is 26.6 Å². The Hall–Kier alpha value is -3.91. The van der Waals surface area contributed by atoms with E-state index in [4.69, 9.17) is 37.4 Å². The third-order valence-electron chi connectivity index (χ3n) is 8.91. The van der Waals surface area contributed by atoms with Crippen LogP contribution >= 0.6 is 34.5 Å². The maximum atomic E-state index is 13.6. The number of methoxy groups -OCH3 is 2. The van der Waals surface area contributed by atoms with Gasteiger partial charge < -0.3 is 29.0 Å². The molecule has 1 unspecified atom stereocenters. The molecule has 0 spiro atoms. The topological polar surface area (TPSA) is 128 Å². The lowest BCUT2D eigenvalue weighted by molar-refractivity contribution is -0.904. The summed E-state index contributed by atoms with van der Waals surface area (Å²) in [6.07, 6.45) is 2.80. The van der Waals surface area contributed by atoms with Crippen LogP contribution < -0.4 is 24.6 Å². The standard InChI is InChI=1S/C36H40Cl2N4O7S/c1-40-12-13-41(2)24(18-40)21-49-36(45)33(22-8-6-5-7-9-22)39-17-25-15-27(34(50-25)35(43)44)26(16-28-29(37)19-42(46)20-30(28)38)23-10-11-31(47-3)32(14-23)48-4/h5-11,14-15,19-20,24,26,33,39H,12-13,16-18,21H2,1-4H3,(H-,43,44,46)/t24-,26-,33?/m0/s1. The van der Waals surface area contributed by atoms with Crippen molar-refractivity contribution in [3.8, 4) is 11.5 Å². The molecule has 3 heterocycles. The largest absolute Gasteiger partial charge is 0.544 e. The summed E-state index contributed by atoms with van der Waals surface area (Å²) in [6, 6.07) is 15.7. The average Bonchev–Trinajstić information content (AvgIpc) is 3.53. The molecule has 11 nitrogen and oxygen atoms in total. The summed E-state index contributed by atoms with van der Waals surface area (Å²) in [7, 11) is 7.12. The molecule has 1 saturated heterocycles. The van der Waals surface area contributed by atoms with Crippen LogP contribution in [0.3, 0.4) is 0 Å². The highest BCUT2D eigenvalue weighted by Gasteiger charge is 2.29. The minimum Gasteiger partial charge on any atom is -0.544 e. The zero-order valence-corrected chi connectivity index (χ0v) is 30.6. The number of hydrogen-bond donors (Lipinski definition) is 2. The fourth-order valence-electron chi connectivity index (χ4n) is 6.11. The molecule has 2 N–H and O–H groups in total. The fourth-order valence-corrected chi connectivity index (χ4v) is 7.72. The first-order chi connectivity index (χ1) is 24.0. The van der Waals surface area contributed by atoms with Crippen molar-refractivity contribution >= 4 is 46.5 Å². The van der Waals surface area contributed by atoms with Crippen LogP contribution in [0.4, 0.5) is 0 Å². The second kappa shape index (κ2) is 16.9. The van der Waals surface area contributed by atoms with E-state index in [2.05, 4.69) is 22.2 Å². The summed E-state index contributed by atoms with van der Waals surface area (Å²) in [5.41, 5.74) is 2.41. The lowest BCUT2D eigenvalue weighted by Crippen LogP contribution is -2.52. The Kier molecular flexibility index (Phi) is 12.6. The van der Waals surface area contributed by atoms with Crippen LogP contribution in [-0.4, -0.2) is 87.5 Å². The number of carboxylic acids is 1. The van der Waals surface area contributed by atoms with E-state index in [1.807, 2.05) is 43.4 Å². The van der Waals surface area contributed by atoms with E-state index in [0.29, 0.717) is 33.1 Å². The quantitative estimate of drug-likeness (QED) is 0.111. The first kappa shape index (κ1) is 37.3.